The third kappa shape index (κ3) is 3.18. The van der Waals surface area contributed by atoms with Crippen molar-refractivity contribution >= 4 is 17.7 Å². The maximum absolute atomic E-state index is 12.7. The van der Waals surface area contributed by atoms with Crippen molar-refractivity contribution in [2.45, 2.75) is 57.7 Å². The van der Waals surface area contributed by atoms with E-state index in [1.165, 1.54) is 0 Å². The van der Waals surface area contributed by atoms with Gasteiger partial charge in [0.1, 0.15) is 0 Å². The van der Waals surface area contributed by atoms with Gasteiger partial charge in [-0.2, -0.15) is 0 Å². The zero-order valence-corrected chi connectivity index (χ0v) is 15.0. The number of nitrogens with zero attached hydrogens (tertiary/aromatic N) is 3. The van der Waals surface area contributed by atoms with E-state index in [2.05, 4.69) is 11.9 Å². The molecule has 0 saturated carbocycles. The lowest BCUT2D eigenvalue weighted by Gasteiger charge is -2.31. The Morgan fingerprint density at radius 3 is 2.70 bits per heavy atom. The molecule has 0 N–H and O–H groups in total. The molecule has 0 bridgehead atoms. The van der Waals surface area contributed by atoms with E-state index in [4.69, 9.17) is 0 Å². The monoisotopic (exact) mass is 335 g/mol. The molecule has 1 amide bonds. The fourth-order valence-electron chi connectivity index (χ4n) is 3.47. The zero-order valence-electron chi connectivity index (χ0n) is 14.2. The van der Waals surface area contributed by atoms with Crippen molar-refractivity contribution in [3.8, 4) is 0 Å². The van der Waals surface area contributed by atoms with Crippen molar-refractivity contribution in [3.63, 3.8) is 0 Å². The van der Waals surface area contributed by atoms with Crippen LogP contribution in [0.1, 0.15) is 50.4 Å². The molecule has 2 aliphatic heterocycles. The number of rotatable bonds is 3. The largest absolute Gasteiger partial charge is 0.343 e. The molecule has 3 heterocycles. The van der Waals surface area contributed by atoms with Gasteiger partial charge in [0.15, 0.2) is 5.16 Å². The van der Waals surface area contributed by atoms with Gasteiger partial charge in [0.05, 0.1) is 6.04 Å². The molecule has 0 spiro atoms. The molecule has 1 aromatic rings. The average Bonchev–Trinajstić information content (AvgIpc) is 2.91. The minimum Gasteiger partial charge on any atom is -0.343 e. The first-order chi connectivity index (χ1) is 11.0. The number of aromatic nitrogens is 2. The van der Waals surface area contributed by atoms with Crippen LogP contribution in [0.3, 0.4) is 0 Å². The van der Waals surface area contributed by atoms with Crippen molar-refractivity contribution in [2.24, 2.45) is 5.92 Å². The van der Waals surface area contributed by atoms with Gasteiger partial charge in [-0.05, 0) is 32.1 Å². The van der Waals surface area contributed by atoms with Crippen LogP contribution in [0.4, 0.5) is 0 Å². The average molecular weight is 335 g/mol. The van der Waals surface area contributed by atoms with Gasteiger partial charge in [0.2, 0.25) is 5.91 Å². The molecule has 1 atom stereocenters. The molecule has 3 rings (SSSR count). The summed E-state index contributed by atoms with van der Waals surface area (Å²) >= 11 is 1.59. The number of hydrogen-bond acceptors (Lipinski definition) is 4. The van der Waals surface area contributed by atoms with Gasteiger partial charge in [-0.15, -0.1) is 0 Å². The quantitative estimate of drug-likeness (QED) is 0.796. The van der Waals surface area contributed by atoms with Crippen LogP contribution in [0.15, 0.2) is 9.95 Å². The topological polar surface area (TPSA) is 55.2 Å². The number of fused-ring (bicyclic) bond motifs is 1. The highest BCUT2D eigenvalue weighted by atomic mass is 32.2. The van der Waals surface area contributed by atoms with E-state index in [0.29, 0.717) is 18.8 Å². The Kier molecular flexibility index (Phi) is 4.80. The Morgan fingerprint density at radius 1 is 1.35 bits per heavy atom. The van der Waals surface area contributed by atoms with Crippen LogP contribution < -0.4 is 5.56 Å². The van der Waals surface area contributed by atoms with Crippen LogP contribution in [0, 0.1) is 12.8 Å². The van der Waals surface area contributed by atoms with Crippen LogP contribution in [0.25, 0.3) is 0 Å². The second-order valence-corrected chi connectivity index (χ2v) is 7.71. The molecular weight excluding hydrogens is 310 g/mol. The van der Waals surface area contributed by atoms with Gasteiger partial charge in [-0.25, -0.2) is 4.98 Å². The number of aryl methyl sites for hydroxylation is 1. The lowest BCUT2D eigenvalue weighted by atomic mass is 9.99. The highest BCUT2D eigenvalue weighted by molar-refractivity contribution is 7.99. The number of likely N-dealkylation sites (tertiary alicyclic amines) is 1. The first-order valence-electron chi connectivity index (χ1n) is 8.53. The normalized spacial score (nSPS) is 21.5. The number of hydrogen-bond donors (Lipinski definition) is 0. The van der Waals surface area contributed by atoms with Crippen LogP contribution in [-0.2, 0) is 11.2 Å². The summed E-state index contributed by atoms with van der Waals surface area (Å²) in [6, 6.07) is -0.0484. The first kappa shape index (κ1) is 16.6. The molecule has 1 fully saturated rings. The van der Waals surface area contributed by atoms with Gasteiger partial charge in [-0.3, -0.25) is 14.2 Å². The number of thioether (sulfide) groups is 1. The van der Waals surface area contributed by atoms with Gasteiger partial charge >= 0.3 is 0 Å². The second-order valence-electron chi connectivity index (χ2n) is 6.72. The van der Waals surface area contributed by atoms with Crippen LogP contribution in [0.2, 0.25) is 0 Å². The molecule has 23 heavy (non-hydrogen) atoms. The summed E-state index contributed by atoms with van der Waals surface area (Å²) < 4.78 is 1.76. The summed E-state index contributed by atoms with van der Waals surface area (Å²) in [5.74, 6) is 1.66. The lowest BCUT2D eigenvalue weighted by molar-refractivity contribution is -0.133. The lowest BCUT2D eigenvalue weighted by Crippen LogP contribution is -2.39. The van der Waals surface area contributed by atoms with E-state index < -0.39 is 0 Å². The molecule has 5 nitrogen and oxygen atoms in total. The fourth-order valence-corrected chi connectivity index (χ4v) is 4.65. The minimum absolute atomic E-state index is 0.0464. The van der Waals surface area contributed by atoms with Gasteiger partial charge in [-0.1, -0.05) is 25.6 Å². The summed E-state index contributed by atoms with van der Waals surface area (Å²) in [5.41, 5.74) is 1.65. The Bertz CT molecular complexity index is 663. The summed E-state index contributed by atoms with van der Waals surface area (Å²) in [6.07, 6.45) is 3.28. The van der Waals surface area contributed by atoms with Gasteiger partial charge in [0.25, 0.3) is 5.56 Å². The standard InChI is InChI=1S/C17H25N3O2S/c1-4-14-12(3)18-17-20(16(14)22)13(10-23-17)9-15(21)19-7-5-11(2)6-8-19/h11,13H,4-10H2,1-3H3. The molecule has 1 saturated heterocycles. The van der Waals surface area contributed by atoms with E-state index in [0.717, 1.165) is 48.1 Å². The van der Waals surface area contributed by atoms with E-state index >= 15 is 0 Å². The molecule has 1 aromatic heterocycles. The van der Waals surface area contributed by atoms with E-state index in [1.807, 2.05) is 18.7 Å². The highest BCUT2D eigenvalue weighted by Gasteiger charge is 2.31. The van der Waals surface area contributed by atoms with Crippen molar-refractivity contribution in [1.29, 1.82) is 0 Å². The third-order valence-corrected chi connectivity index (χ3v) is 6.15. The second kappa shape index (κ2) is 6.67. The number of carbonyl (C=O) groups is 1. The van der Waals surface area contributed by atoms with Crippen LogP contribution in [0.5, 0.6) is 0 Å². The molecule has 0 radical (unpaired) electrons. The predicted molar refractivity (Wildman–Crippen MR) is 92.0 cm³/mol. The van der Waals surface area contributed by atoms with Crippen molar-refractivity contribution in [1.82, 2.24) is 14.5 Å². The van der Waals surface area contributed by atoms with E-state index in [1.54, 1.807) is 16.3 Å². The van der Waals surface area contributed by atoms with Crippen molar-refractivity contribution in [3.05, 3.63) is 21.6 Å². The van der Waals surface area contributed by atoms with E-state index in [-0.39, 0.29) is 17.5 Å². The molecule has 1 unspecified atom stereocenters. The summed E-state index contributed by atoms with van der Waals surface area (Å²) in [7, 11) is 0. The summed E-state index contributed by atoms with van der Waals surface area (Å²) in [5, 5.41) is 0.773. The van der Waals surface area contributed by atoms with Crippen molar-refractivity contribution < 1.29 is 4.79 Å². The Labute approximate surface area is 141 Å². The van der Waals surface area contributed by atoms with Crippen LogP contribution >= 0.6 is 11.8 Å². The SMILES string of the molecule is CCc1c(C)nc2n(c1=O)C(CC(=O)N1CCC(C)CC1)CS2. The smallest absolute Gasteiger partial charge is 0.257 e. The molecule has 126 valence electrons. The summed E-state index contributed by atoms with van der Waals surface area (Å²) in [4.78, 5) is 31.8. The molecule has 6 heteroatoms. The minimum atomic E-state index is -0.0484. The molecule has 0 aliphatic carbocycles. The number of amides is 1. The maximum Gasteiger partial charge on any atom is 0.257 e. The van der Waals surface area contributed by atoms with Crippen molar-refractivity contribution in [2.75, 3.05) is 18.8 Å². The maximum atomic E-state index is 12.7. The Hall–Kier alpha value is -1.30. The first-order valence-corrected chi connectivity index (χ1v) is 9.52. The van der Waals surface area contributed by atoms with Gasteiger partial charge < -0.3 is 4.90 Å². The Morgan fingerprint density at radius 2 is 2.04 bits per heavy atom. The number of carbonyl (C=O) groups excluding carboxylic acids is 1. The zero-order chi connectivity index (χ0) is 16.6. The molecule has 2 aliphatic rings. The van der Waals surface area contributed by atoms with E-state index in [9.17, 15) is 9.59 Å². The van der Waals surface area contributed by atoms with Gasteiger partial charge in [0, 0.05) is 36.5 Å². The third-order valence-electron chi connectivity index (χ3n) is 5.05. The number of piperidine rings is 1. The summed E-state index contributed by atoms with van der Waals surface area (Å²) in [6.45, 7) is 7.83. The Balaban J connectivity index is 1.78. The fraction of sp³-hybridized carbons (Fsp3) is 0.706. The molecular formula is C17H25N3O2S. The van der Waals surface area contributed by atoms with Crippen LogP contribution in [-0.4, -0.2) is 39.2 Å². The predicted octanol–water partition coefficient (Wildman–Crippen LogP) is 2.41. The molecule has 0 aromatic carbocycles. The highest BCUT2D eigenvalue weighted by Crippen LogP contribution is 2.33.